The van der Waals surface area contributed by atoms with Crippen LogP contribution in [-0.2, 0) is 27.9 Å². The molecule has 0 aromatic heterocycles. The van der Waals surface area contributed by atoms with E-state index in [2.05, 4.69) is 6.07 Å². The Morgan fingerprint density at radius 1 is 0.786 bits per heavy atom. The van der Waals surface area contributed by atoms with Gasteiger partial charge in [-0.2, -0.15) is 9.57 Å². The molecule has 0 heterocycles. The predicted octanol–water partition coefficient (Wildman–Crippen LogP) is 8.45. The fourth-order valence-electron chi connectivity index (χ4n) is 7.14. The fourth-order valence-corrected chi connectivity index (χ4v) is 8.62. The summed E-state index contributed by atoms with van der Waals surface area (Å²) < 4.78 is 108. The summed E-state index contributed by atoms with van der Waals surface area (Å²) in [6.07, 6.45) is 6.66. The van der Waals surface area contributed by atoms with Gasteiger partial charge in [-0.15, -0.1) is 0 Å². The van der Waals surface area contributed by atoms with Crippen LogP contribution in [0.3, 0.4) is 0 Å². The van der Waals surface area contributed by atoms with Crippen molar-refractivity contribution in [2.24, 2.45) is 0 Å². The fraction of sp³-hybridized carbons (Fsp3) is 0.341. The molecule has 0 bridgehead atoms. The van der Waals surface area contributed by atoms with Gasteiger partial charge in [-0.3, -0.25) is 4.79 Å². The number of ether oxygens (including phenoxy) is 1. The Labute approximate surface area is 320 Å². The number of benzene rings is 4. The lowest BCUT2D eigenvalue weighted by Crippen LogP contribution is -2.43. The van der Waals surface area contributed by atoms with E-state index in [1.807, 2.05) is 18.2 Å². The van der Waals surface area contributed by atoms with E-state index in [-0.39, 0.29) is 45.1 Å². The highest BCUT2D eigenvalue weighted by Crippen LogP contribution is 2.46. The monoisotopic (exact) mass is 793 g/mol. The molecule has 15 heteroatoms. The largest absolute Gasteiger partial charge is 0.488 e. The molecule has 0 aliphatic heterocycles. The van der Waals surface area contributed by atoms with E-state index in [1.54, 1.807) is 0 Å². The van der Waals surface area contributed by atoms with Crippen molar-refractivity contribution in [1.29, 1.82) is 5.26 Å². The van der Waals surface area contributed by atoms with Crippen molar-refractivity contribution < 1.29 is 49.8 Å². The summed E-state index contributed by atoms with van der Waals surface area (Å²) in [5.74, 6) is -14.4. The van der Waals surface area contributed by atoms with Gasteiger partial charge in [0.05, 0.1) is 42.1 Å². The van der Waals surface area contributed by atoms with Crippen LogP contribution in [0.2, 0.25) is 0 Å². The van der Waals surface area contributed by atoms with Crippen LogP contribution in [0, 0.1) is 40.4 Å². The van der Waals surface area contributed by atoms with E-state index in [0.717, 1.165) is 49.7 Å². The molecule has 3 fully saturated rings. The molecule has 0 saturated heterocycles. The summed E-state index contributed by atoms with van der Waals surface area (Å²) in [7, 11) is -5.73. The van der Waals surface area contributed by atoms with Gasteiger partial charge in [0.1, 0.15) is 5.75 Å². The first-order valence-electron chi connectivity index (χ1n) is 18.2. The van der Waals surface area contributed by atoms with E-state index in [4.69, 9.17) is 4.74 Å². The number of aromatic carboxylic acids is 1. The average molecular weight is 794 g/mol. The normalized spacial score (nSPS) is 15.9. The van der Waals surface area contributed by atoms with Crippen LogP contribution in [0.4, 0.5) is 27.6 Å². The van der Waals surface area contributed by atoms with Gasteiger partial charge in [0, 0.05) is 6.54 Å². The molecule has 3 saturated carbocycles. The third kappa shape index (κ3) is 7.99. The Bertz CT molecular complexity index is 2310. The third-order valence-electron chi connectivity index (χ3n) is 10.4. The number of nitrogens with zero attached hydrogens (tertiary/aromatic N) is 3. The van der Waals surface area contributed by atoms with Gasteiger partial charge < -0.3 is 14.7 Å². The molecule has 1 amide bonds. The molecule has 4 aromatic rings. The van der Waals surface area contributed by atoms with Gasteiger partial charge in [0.15, 0.2) is 28.2 Å². The van der Waals surface area contributed by atoms with Crippen molar-refractivity contribution in [3.05, 3.63) is 123 Å². The average Bonchev–Trinajstić information content (AvgIpc) is 4.13. The van der Waals surface area contributed by atoms with Crippen LogP contribution in [0.25, 0.3) is 0 Å². The van der Waals surface area contributed by atoms with Crippen LogP contribution < -0.4 is 9.64 Å². The molecule has 3 aliphatic rings. The second-order valence-electron chi connectivity index (χ2n) is 14.5. The number of nitriles is 1. The van der Waals surface area contributed by atoms with Gasteiger partial charge in [0.25, 0.3) is 0 Å². The number of sulfonamides is 1. The molecule has 0 unspecified atom stereocenters. The highest BCUT2D eigenvalue weighted by atomic mass is 32.2. The highest BCUT2D eigenvalue weighted by Gasteiger charge is 2.39. The van der Waals surface area contributed by atoms with Crippen molar-refractivity contribution in [3.8, 4) is 11.8 Å². The first-order valence-corrected chi connectivity index (χ1v) is 19.7. The summed E-state index contributed by atoms with van der Waals surface area (Å²) in [4.78, 5) is 25.9. The molecular weight excluding hydrogens is 758 g/mol. The van der Waals surface area contributed by atoms with Crippen molar-refractivity contribution in [3.63, 3.8) is 0 Å². The second-order valence-corrected chi connectivity index (χ2v) is 16.4. The number of carbonyl (C=O) groups excluding carboxylic acids is 1. The molecule has 7 rings (SSSR count). The number of amides is 1. The van der Waals surface area contributed by atoms with Crippen molar-refractivity contribution in [2.75, 3.05) is 11.4 Å². The number of carboxylic acids is 1. The molecule has 292 valence electrons. The minimum atomic E-state index is -5.73. The third-order valence-corrected chi connectivity index (χ3v) is 12.2. The van der Waals surface area contributed by atoms with E-state index < -0.39 is 69.0 Å². The number of hydrogen-bond acceptors (Lipinski definition) is 6. The predicted molar refractivity (Wildman–Crippen MR) is 193 cm³/mol. The Morgan fingerprint density at radius 2 is 1.38 bits per heavy atom. The van der Waals surface area contributed by atoms with Crippen molar-refractivity contribution in [2.45, 2.75) is 87.3 Å². The smallest absolute Gasteiger partial charge is 0.335 e. The lowest BCUT2D eigenvalue weighted by atomic mass is 9.99. The van der Waals surface area contributed by atoms with Crippen molar-refractivity contribution >= 4 is 27.6 Å². The molecule has 0 atom stereocenters. The Morgan fingerprint density at radius 3 is 1.95 bits per heavy atom. The molecule has 3 aliphatic carbocycles. The number of carbonyl (C=O) groups is 2. The maximum absolute atomic E-state index is 15.2. The molecule has 0 radical (unpaired) electrons. The number of anilines is 1. The minimum absolute atomic E-state index is 0.0231. The van der Waals surface area contributed by atoms with Gasteiger partial charge in [0.2, 0.25) is 21.7 Å². The van der Waals surface area contributed by atoms with E-state index >= 15 is 8.78 Å². The highest BCUT2D eigenvalue weighted by molar-refractivity contribution is 7.89. The number of carboxylic acid groups (broad SMARTS) is 1. The first-order chi connectivity index (χ1) is 26.8. The Kier molecular flexibility index (Phi) is 10.9. The lowest BCUT2D eigenvalue weighted by Gasteiger charge is -2.30. The van der Waals surface area contributed by atoms with Gasteiger partial charge in [-0.1, -0.05) is 36.4 Å². The zero-order chi connectivity index (χ0) is 39.9. The lowest BCUT2D eigenvalue weighted by molar-refractivity contribution is -0.119. The quantitative estimate of drug-likeness (QED) is 0.0771. The van der Waals surface area contributed by atoms with E-state index in [9.17, 15) is 41.5 Å². The van der Waals surface area contributed by atoms with Crippen LogP contribution in [0.1, 0.15) is 101 Å². The Balaban J connectivity index is 1.36. The van der Waals surface area contributed by atoms with Gasteiger partial charge in [-0.05, 0) is 110 Å². The minimum Gasteiger partial charge on any atom is -0.488 e. The topological polar surface area (TPSA) is 128 Å². The molecule has 1 N–H and O–H groups in total. The molecule has 4 aromatic carbocycles. The summed E-state index contributed by atoms with van der Waals surface area (Å²) in [6.45, 7) is -2.27. The number of hydrogen-bond donors (Lipinski definition) is 1. The molecular formula is C41H36F5N3O6S. The van der Waals surface area contributed by atoms with E-state index in [1.165, 1.54) is 47.4 Å². The number of halogens is 5. The zero-order valence-corrected chi connectivity index (χ0v) is 30.7. The molecule has 9 nitrogen and oxygen atoms in total. The van der Waals surface area contributed by atoms with Crippen LogP contribution >= 0.6 is 0 Å². The zero-order valence-electron chi connectivity index (χ0n) is 29.9. The molecule has 56 heavy (non-hydrogen) atoms. The maximum Gasteiger partial charge on any atom is 0.335 e. The van der Waals surface area contributed by atoms with Gasteiger partial charge in [-0.25, -0.2) is 35.2 Å². The van der Waals surface area contributed by atoms with Crippen molar-refractivity contribution in [1.82, 2.24) is 4.31 Å². The standard InChI is InChI=1S/C41H36F5N3O6S/c42-35-36(43)38(45)40(39(46)37(35)44)56(53,54)48(21-28-6-2-1-5-27(28)19-47)22-34(50)49(20-23-15-29(24-9-10-24)17-30(16-23)25-11-12-25)32-14-13-26(41(51)52)18-33(32)55-31-7-3-4-8-31/h1-2,5-6,13-18,24-25,31H,3-4,7-12,20-22H2,(H,51,52). The Hall–Kier alpha value is -5.33. The molecule has 0 spiro atoms. The van der Waals surface area contributed by atoms with Crippen LogP contribution in [0.15, 0.2) is 65.6 Å². The second kappa shape index (κ2) is 15.7. The first kappa shape index (κ1) is 38.9. The number of rotatable bonds is 14. The summed E-state index contributed by atoms with van der Waals surface area (Å²) >= 11 is 0. The van der Waals surface area contributed by atoms with E-state index in [0.29, 0.717) is 30.2 Å². The van der Waals surface area contributed by atoms with Crippen LogP contribution in [0.5, 0.6) is 5.75 Å². The summed E-state index contributed by atoms with van der Waals surface area (Å²) in [5.41, 5.74) is 2.64. The summed E-state index contributed by atoms with van der Waals surface area (Å²) in [5, 5.41) is 19.6. The van der Waals surface area contributed by atoms with Crippen LogP contribution in [-0.4, -0.2) is 42.4 Å². The summed E-state index contributed by atoms with van der Waals surface area (Å²) in [6, 6.07) is 17.3. The maximum atomic E-state index is 15.2. The SMILES string of the molecule is N#Cc1ccccc1CN(CC(=O)N(Cc1cc(C2CC2)cc(C2CC2)c1)c1ccc(C(=O)O)cc1OC1CCCC1)S(=O)(=O)c1c(F)c(F)c(F)c(F)c1F. The van der Waals surface area contributed by atoms with Gasteiger partial charge >= 0.3 is 5.97 Å².